The molecule has 0 bridgehead atoms. The van der Waals surface area contributed by atoms with E-state index in [0.29, 0.717) is 18.4 Å². The summed E-state index contributed by atoms with van der Waals surface area (Å²) < 4.78 is 1.71. The number of aliphatic imine (C=N–C) groups is 1. The van der Waals surface area contributed by atoms with E-state index in [-0.39, 0.29) is 11.9 Å². The van der Waals surface area contributed by atoms with Crippen molar-refractivity contribution in [2.45, 2.75) is 26.8 Å². The average molecular weight is 249 g/mol. The van der Waals surface area contributed by atoms with Crippen LogP contribution in [0.25, 0.3) is 0 Å². The Morgan fingerprint density at radius 2 is 2.28 bits per heavy atom. The van der Waals surface area contributed by atoms with Crippen molar-refractivity contribution in [3.05, 3.63) is 17.5 Å². The molecule has 0 radical (unpaired) electrons. The Hall–Kier alpha value is -1.85. The Kier molecular flexibility index (Phi) is 3.36. The molecule has 1 aliphatic heterocycles. The van der Waals surface area contributed by atoms with E-state index in [9.17, 15) is 4.79 Å². The van der Waals surface area contributed by atoms with Crippen LogP contribution in [0.15, 0.2) is 11.2 Å². The van der Waals surface area contributed by atoms with E-state index in [1.54, 1.807) is 4.68 Å². The minimum absolute atomic E-state index is 0.0754. The van der Waals surface area contributed by atoms with E-state index in [1.807, 2.05) is 20.2 Å². The third-order valence-corrected chi connectivity index (χ3v) is 2.76. The van der Waals surface area contributed by atoms with Gasteiger partial charge in [-0.15, -0.1) is 0 Å². The molecule has 1 aliphatic rings. The first-order valence-corrected chi connectivity index (χ1v) is 6.09. The highest BCUT2D eigenvalue weighted by molar-refractivity contribution is 6.06. The number of hydrogen-bond donors (Lipinski definition) is 2. The molecule has 0 aliphatic carbocycles. The van der Waals surface area contributed by atoms with Gasteiger partial charge in [0.1, 0.15) is 6.04 Å². The number of nitrogens with one attached hydrogen (secondary N) is 2. The molecule has 2 heterocycles. The molecule has 1 saturated heterocycles. The zero-order chi connectivity index (χ0) is 13.3. The van der Waals surface area contributed by atoms with Crippen molar-refractivity contribution in [3.8, 4) is 0 Å². The number of carbonyl (C=O) groups is 1. The molecule has 0 aromatic carbocycles. The minimum Gasteiger partial charge on any atom is -0.340 e. The Bertz CT molecular complexity index is 489. The van der Waals surface area contributed by atoms with Gasteiger partial charge in [0.2, 0.25) is 0 Å². The summed E-state index contributed by atoms with van der Waals surface area (Å²) in [5.74, 6) is 0.950. The second kappa shape index (κ2) is 4.80. The molecule has 0 spiro atoms. The van der Waals surface area contributed by atoms with Gasteiger partial charge < -0.3 is 5.32 Å². The van der Waals surface area contributed by atoms with Crippen molar-refractivity contribution in [2.75, 3.05) is 6.54 Å². The highest BCUT2D eigenvalue weighted by Gasteiger charge is 2.31. The largest absolute Gasteiger partial charge is 0.340 e. The van der Waals surface area contributed by atoms with Gasteiger partial charge in [-0.05, 0) is 12.8 Å². The first-order valence-electron chi connectivity index (χ1n) is 6.09. The maximum Gasteiger partial charge on any atom is 0.254 e. The lowest BCUT2D eigenvalue weighted by Crippen LogP contribution is -2.26. The van der Waals surface area contributed by atoms with E-state index in [4.69, 9.17) is 0 Å². The first kappa shape index (κ1) is 12.6. The van der Waals surface area contributed by atoms with Crippen molar-refractivity contribution in [1.29, 1.82) is 0 Å². The molecule has 1 aromatic rings. The molecule has 6 heteroatoms. The van der Waals surface area contributed by atoms with Crippen LogP contribution in [0.5, 0.6) is 0 Å². The third-order valence-electron chi connectivity index (χ3n) is 2.76. The second-order valence-electron chi connectivity index (χ2n) is 4.99. The summed E-state index contributed by atoms with van der Waals surface area (Å²) in [5, 5.41) is 10.1. The zero-order valence-corrected chi connectivity index (χ0v) is 11.2. The molecule has 98 valence electrons. The van der Waals surface area contributed by atoms with Gasteiger partial charge in [0.15, 0.2) is 5.96 Å². The number of amides is 1. The summed E-state index contributed by atoms with van der Waals surface area (Å²) in [5.41, 5.74) is 1.75. The van der Waals surface area contributed by atoms with Crippen molar-refractivity contribution in [1.82, 2.24) is 20.4 Å². The number of guanidine groups is 1. The van der Waals surface area contributed by atoms with Crippen LogP contribution in [0.1, 0.15) is 31.1 Å². The summed E-state index contributed by atoms with van der Waals surface area (Å²) in [6, 6.07) is -0.385. The maximum absolute atomic E-state index is 11.9. The number of hydrogen-bond acceptors (Lipinski definition) is 3. The monoisotopic (exact) mass is 249 g/mol. The lowest BCUT2D eigenvalue weighted by atomic mass is 10.1. The molecule has 0 saturated carbocycles. The third kappa shape index (κ3) is 2.52. The molecule has 1 atom stereocenters. The number of carbonyl (C=O) groups excluding carboxylic acids is 1. The molecule has 2 rings (SSSR count). The van der Waals surface area contributed by atoms with E-state index in [0.717, 1.165) is 11.3 Å². The Labute approximate surface area is 106 Å². The van der Waals surface area contributed by atoms with Gasteiger partial charge in [-0.3, -0.25) is 19.8 Å². The molecule has 18 heavy (non-hydrogen) atoms. The van der Waals surface area contributed by atoms with Crippen LogP contribution >= 0.6 is 0 Å². The molecule has 1 fully saturated rings. The van der Waals surface area contributed by atoms with Crippen molar-refractivity contribution < 1.29 is 4.79 Å². The quantitative estimate of drug-likeness (QED) is 0.819. The summed E-state index contributed by atoms with van der Waals surface area (Å²) in [7, 11) is 1.84. The van der Waals surface area contributed by atoms with Gasteiger partial charge >= 0.3 is 0 Å². The molecular weight excluding hydrogens is 230 g/mol. The zero-order valence-electron chi connectivity index (χ0n) is 11.2. The molecule has 1 aromatic heterocycles. The Morgan fingerprint density at radius 3 is 2.83 bits per heavy atom. The summed E-state index contributed by atoms with van der Waals surface area (Å²) in [6.07, 6.45) is 1.86. The van der Waals surface area contributed by atoms with E-state index >= 15 is 0 Å². The lowest BCUT2D eigenvalue weighted by molar-refractivity contribution is -0.120. The van der Waals surface area contributed by atoms with Crippen LogP contribution in [0.2, 0.25) is 0 Å². The molecule has 6 nitrogen and oxygen atoms in total. The highest BCUT2D eigenvalue weighted by Crippen LogP contribution is 2.19. The molecular formula is C12H19N5O. The van der Waals surface area contributed by atoms with Crippen molar-refractivity contribution >= 4 is 11.9 Å². The smallest absolute Gasteiger partial charge is 0.254 e. The summed E-state index contributed by atoms with van der Waals surface area (Å²) in [4.78, 5) is 16.2. The first-order chi connectivity index (χ1) is 8.47. The van der Waals surface area contributed by atoms with Crippen molar-refractivity contribution in [2.24, 2.45) is 18.0 Å². The van der Waals surface area contributed by atoms with Gasteiger partial charge in [0.25, 0.3) is 5.91 Å². The van der Waals surface area contributed by atoms with Gasteiger partial charge in [-0.1, -0.05) is 13.8 Å². The van der Waals surface area contributed by atoms with Crippen LogP contribution in [-0.2, 0) is 11.8 Å². The summed E-state index contributed by atoms with van der Waals surface area (Å²) >= 11 is 0. The highest BCUT2D eigenvalue weighted by atomic mass is 16.2. The van der Waals surface area contributed by atoms with Gasteiger partial charge in [0.05, 0.1) is 5.69 Å². The predicted molar refractivity (Wildman–Crippen MR) is 69.1 cm³/mol. The van der Waals surface area contributed by atoms with Crippen LogP contribution in [-0.4, -0.2) is 28.2 Å². The van der Waals surface area contributed by atoms with Crippen molar-refractivity contribution in [3.63, 3.8) is 0 Å². The van der Waals surface area contributed by atoms with E-state index in [1.165, 1.54) is 0 Å². The summed E-state index contributed by atoms with van der Waals surface area (Å²) in [6.45, 7) is 6.77. The number of aromatic nitrogens is 2. The lowest BCUT2D eigenvalue weighted by Gasteiger charge is -2.06. The van der Waals surface area contributed by atoms with Gasteiger partial charge in [-0.2, -0.15) is 5.10 Å². The topological polar surface area (TPSA) is 71.3 Å². The molecule has 1 unspecified atom stereocenters. The average Bonchev–Trinajstić information content (AvgIpc) is 2.79. The van der Waals surface area contributed by atoms with Crippen LogP contribution < -0.4 is 10.6 Å². The minimum atomic E-state index is -0.385. The van der Waals surface area contributed by atoms with Crippen LogP contribution in [0.4, 0.5) is 0 Å². The van der Waals surface area contributed by atoms with Gasteiger partial charge in [0, 0.05) is 25.4 Å². The standard InChI is InChI=1S/C12H19N5O/c1-7(2)5-13-12-14-10(11(18)15-12)9-6-17(4)16-8(9)3/h6-7,10H,5H2,1-4H3,(H2,13,14,15,18). The number of nitrogens with zero attached hydrogens (tertiary/aromatic N) is 3. The number of rotatable bonds is 3. The fraction of sp³-hybridized carbons (Fsp3) is 0.583. The fourth-order valence-corrected chi connectivity index (χ4v) is 1.91. The predicted octanol–water partition coefficient (Wildman–Crippen LogP) is 0.501. The molecule has 1 amide bonds. The van der Waals surface area contributed by atoms with E-state index in [2.05, 4.69) is 34.6 Å². The molecule has 2 N–H and O–H groups in total. The van der Waals surface area contributed by atoms with Crippen LogP contribution in [0.3, 0.4) is 0 Å². The van der Waals surface area contributed by atoms with E-state index < -0.39 is 0 Å². The second-order valence-corrected chi connectivity index (χ2v) is 4.99. The fourth-order valence-electron chi connectivity index (χ4n) is 1.91. The normalized spacial score (nSPS) is 21.5. The maximum atomic E-state index is 11.9. The van der Waals surface area contributed by atoms with Gasteiger partial charge in [-0.25, -0.2) is 0 Å². The number of aryl methyl sites for hydroxylation is 2. The Balaban J connectivity index is 2.15. The van der Waals surface area contributed by atoms with Crippen LogP contribution in [0, 0.1) is 12.8 Å². The SMILES string of the molecule is Cc1nn(C)cc1C1NC(=NCC(C)C)NC1=O. The Morgan fingerprint density at radius 1 is 1.56 bits per heavy atom.